The number of aliphatic hydroxyl groups is 2. The van der Waals surface area contributed by atoms with Crippen molar-refractivity contribution in [1.29, 1.82) is 0 Å². The zero-order valence-electron chi connectivity index (χ0n) is 63.0. The number of esters is 2. The number of hydrogen-bond acceptors (Lipinski definition) is 28. The van der Waals surface area contributed by atoms with Crippen molar-refractivity contribution in [1.82, 2.24) is 18.9 Å². The number of rotatable bonds is 23. The van der Waals surface area contributed by atoms with Gasteiger partial charge in [0.1, 0.15) is 52.8 Å². The van der Waals surface area contributed by atoms with Gasteiger partial charge in [-0.2, -0.15) is 0 Å². The van der Waals surface area contributed by atoms with Gasteiger partial charge in [0, 0.05) is 91.8 Å². The van der Waals surface area contributed by atoms with Crippen LogP contribution in [0, 0.1) is 78.2 Å². The molecule has 30 nitrogen and oxygen atoms in total. The first-order valence-electron chi connectivity index (χ1n) is 38.4. The smallest absolute Gasteiger partial charge is 0.492 e. The van der Waals surface area contributed by atoms with Crippen LogP contribution in [-0.2, 0) is 51.1 Å². The van der Waals surface area contributed by atoms with Crippen LogP contribution in [0.15, 0.2) is 85.2 Å². The number of aromatic nitrogens is 2. The summed E-state index contributed by atoms with van der Waals surface area (Å²) in [6.45, 7) is 7.03. The lowest BCUT2D eigenvalue weighted by Crippen LogP contribution is -2.61. The van der Waals surface area contributed by atoms with Gasteiger partial charge < -0.3 is 84.7 Å². The summed E-state index contributed by atoms with van der Waals surface area (Å²) in [7, 11) is 2.75. The summed E-state index contributed by atoms with van der Waals surface area (Å²) in [6, 6.07) is 1.62. The van der Waals surface area contributed by atoms with Crippen molar-refractivity contribution in [3.63, 3.8) is 0 Å². The standard InChI is InChI=1S/C80H89F2N6O24/c1-40-60(111-76(98)109-40)34-83-21-7-9-43-28-85(32-57(43)83)66-55(81)25-50-64(70(66)101-5)87(46-12-13-46)30-52(68(50)92)72(94)105-38-107-74(96)103-36-42(23-62(91)80(100)20-18-54-49-16-11-45-24-48(89)17-19-78(45,3)63(49)59(90)27-79(54,80)4)37-104-75(97)108-39-106-73(95)53-31-88(47-14-15-47)65-51(69(53)93)26-56(82)67(71(65)102-6)86-29-44-10-8-22-84(58(44)33-86)35-61-41(2)110-77(99)112-61/h17,19,23-26,30-31,42-44,46-47,49,54,57-59,63,90,100H,7-16,18,20-22,27-29,32-39H2,1-6H3/t42?,43?,44?,49-,54-,57?,58?,59-,63?,78-,79-,80-/m1/s1. The third-order valence-corrected chi connectivity index (χ3v) is 25.9. The van der Waals surface area contributed by atoms with Gasteiger partial charge in [-0.25, -0.2) is 37.5 Å². The van der Waals surface area contributed by atoms with Gasteiger partial charge >= 0.3 is 35.9 Å². The molecule has 2 aromatic carbocycles. The fourth-order valence-corrected chi connectivity index (χ4v) is 20.2. The van der Waals surface area contributed by atoms with E-state index in [1.165, 1.54) is 32.7 Å². The Bertz CT molecular complexity index is 4890. The summed E-state index contributed by atoms with van der Waals surface area (Å²) >= 11 is 0. The molecule has 32 heteroatoms. The Kier molecular flexibility index (Phi) is 20.1. The van der Waals surface area contributed by atoms with Gasteiger partial charge in [0.2, 0.25) is 24.4 Å². The highest BCUT2D eigenvalue weighted by atomic mass is 19.1. The van der Waals surface area contributed by atoms with Gasteiger partial charge in [-0.1, -0.05) is 25.5 Å². The second-order valence-electron chi connectivity index (χ2n) is 32.3. The zero-order valence-corrected chi connectivity index (χ0v) is 63.0. The average Bonchev–Trinajstić information content (AvgIpc) is 1.47. The van der Waals surface area contributed by atoms with Crippen molar-refractivity contribution in [3.8, 4) is 11.5 Å². The minimum absolute atomic E-state index is 0.00302. The van der Waals surface area contributed by atoms with Crippen LogP contribution in [0.2, 0.25) is 0 Å². The van der Waals surface area contributed by atoms with Gasteiger partial charge in [-0.15, -0.1) is 0 Å². The summed E-state index contributed by atoms with van der Waals surface area (Å²) in [5, 5.41) is 24.5. The number of aryl methyl sites for hydroxylation is 2. The SMILES string of the molecule is COc1c(N2CC3CCCN(Cc4oc(=O)oc4C)C3C2)c(F)cc2c(=O)c(C(=O)OCOC(=O)OCC([CH]C(=O)[C@]3(O)CC[C@@H]4[C@H]5CCC6=CC(=O)C=C[C@@]6(C)C5[C@H](O)C[C@]43C)COC(=O)OCOC(=O)c3cn(C4CC4)c4c(OC)c(N5CC6CCCN(Cc7oc(=O)oc7C)C6C5)c(F)cc4c3=O)cn(C3CC3)c12. The fourth-order valence-electron chi connectivity index (χ4n) is 20.2. The summed E-state index contributed by atoms with van der Waals surface area (Å²) in [5.74, 6) is -6.71. The average molecular weight is 1560 g/mol. The monoisotopic (exact) mass is 1560 g/mol. The number of likely N-dealkylation sites (tertiary alicyclic amines) is 2. The number of halogens is 2. The zero-order chi connectivity index (χ0) is 78.7. The maximum atomic E-state index is 16.8. The highest BCUT2D eigenvalue weighted by Crippen LogP contribution is 2.67. The lowest BCUT2D eigenvalue weighted by atomic mass is 9.46. The van der Waals surface area contributed by atoms with E-state index >= 15 is 8.78 Å². The molecule has 5 saturated carbocycles. The lowest BCUT2D eigenvalue weighted by molar-refractivity contribution is -0.174. The molecule has 4 aliphatic heterocycles. The van der Waals surface area contributed by atoms with E-state index in [1.807, 2.05) is 22.8 Å². The molecule has 16 rings (SSSR count). The van der Waals surface area contributed by atoms with Crippen LogP contribution >= 0.6 is 0 Å². The number of ketones is 2. The predicted octanol–water partition coefficient (Wildman–Crippen LogP) is 8.83. The van der Waals surface area contributed by atoms with Crippen molar-refractivity contribution in [2.45, 2.75) is 160 Å². The molecular weight excluding hydrogens is 1470 g/mol. The number of allylic oxidation sites excluding steroid dienone is 4. The number of fused-ring (bicyclic) bond motifs is 9. The molecule has 9 fully saturated rings. The van der Waals surface area contributed by atoms with Crippen LogP contribution in [0.3, 0.4) is 0 Å². The van der Waals surface area contributed by atoms with Crippen molar-refractivity contribution in [2.75, 3.05) is 90.1 Å². The van der Waals surface area contributed by atoms with Crippen LogP contribution < -0.4 is 41.8 Å². The highest BCUT2D eigenvalue weighted by Gasteiger charge is 2.68. The summed E-state index contributed by atoms with van der Waals surface area (Å²) in [5.41, 5.74) is -5.06. The van der Waals surface area contributed by atoms with Gasteiger partial charge in [0.25, 0.3) is 0 Å². The molecule has 112 heavy (non-hydrogen) atoms. The minimum atomic E-state index is -2.11. The second kappa shape index (κ2) is 29.6. The first-order chi connectivity index (χ1) is 53.7. The van der Waals surface area contributed by atoms with E-state index < -0.39 is 131 Å². The number of carbonyl (C=O) groups is 6. The molecule has 2 N–H and O–H groups in total. The maximum Gasteiger partial charge on any atom is 0.519 e. The number of pyridine rings is 2. The number of methoxy groups -OCH3 is 2. The summed E-state index contributed by atoms with van der Waals surface area (Å²) < 4.78 is 102. The number of benzene rings is 2. The van der Waals surface area contributed by atoms with E-state index in [-0.39, 0.29) is 117 Å². The van der Waals surface area contributed by atoms with Crippen LogP contribution in [0.25, 0.3) is 21.8 Å². The first kappa shape index (κ1) is 76.1. The Balaban J connectivity index is 0.589. The maximum absolute atomic E-state index is 16.8. The molecule has 0 spiro atoms. The van der Waals surface area contributed by atoms with Crippen molar-refractivity contribution >= 4 is 69.0 Å². The quantitative estimate of drug-likeness (QED) is 0.0343. The topological polar surface area (TPSA) is 360 Å². The van der Waals surface area contributed by atoms with E-state index in [9.17, 15) is 58.2 Å². The molecule has 10 aliphatic rings. The minimum Gasteiger partial charge on any atom is -0.492 e. The van der Waals surface area contributed by atoms with Gasteiger partial charge in [0.15, 0.2) is 46.2 Å². The molecule has 8 heterocycles. The number of hydrogen-bond donors (Lipinski definition) is 2. The Labute approximate surface area is 639 Å². The molecule has 1 radical (unpaired) electrons. The molecule has 0 bridgehead atoms. The number of carbonyl (C=O) groups excluding carboxylic acids is 6. The molecule has 597 valence electrons. The van der Waals surface area contributed by atoms with Crippen LogP contribution in [-0.4, -0.2) is 169 Å². The van der Waals surface area contributed by atoms with Gasteiger partial charge in [0.05, 0.1) is 55.2 Å². The Morgan fingerprint density at radius 1 is 0.643 bits per heavy atom. The Morgan fingerprint density at radius 2 is 1.13 bits per heavy atom. The largest absolute Gasteiger partial charge is 0.519 e. The lowest BCUT2D eigenvalue weighted by Gasteiger charge is -2.59. The van der Waals surface area contributed by atoms with Crippen LogP contribution in [0.4, 0.5) is 29.7 Å². The van der Waals surface area contributed by atoms with E-state index in [1.54, 1.807) is 36.0 Å². The van der Waals surface area contributed by atoms with Crippen molar-refractivity contribution in [2.24, 2.45) is 46.3 Å². The van der Waals surface area contributed by atoms with E-state index in [0.29, 0.717) is 120 Å². The molecule has 11 atom stereocenters. The van der Waals surface area contributed by atoms with E-state index in [2.05, 4.69) is 9.80 Å². The van der Waals surface area contributed by atoms with Gasteiger partial charge in [-0.05, 0) is 158 Å². The Hall–Kier alpha value is -9.92. The molecule has 4 saturated heterocycles. The van der Waals surface area contributed by atoms with Crippen LogP contribution in [0.1, 0.15) is 153 Å². The highest BCUT2D eigenvalue weighted by molar-refractivity contribution is 6.02. The first-order valence-corrected chi connectivity index (χ1v) is 38.4. The fraction of sp³-hybridized carbons (Fsp3) is 0.562. The predicted molar refractivity (Wildman–Crippen MR) is 389 cm³/mol. The molecule has 6 aliphatic carbocycles. The summed E-state index contributed by atoms with van der Waals surface area (Å²) in [6.07, 6.45) is 12.2. The van der Waals surface area contributed by atoms with Gasteiger partial charge in [-0.3, -0.25) is 29.0 Å². The number of nitrogens with zero attached hydrogens (tertiary/aromatic N) is 6. The molecule has 6 aromatic rings. The Morgan fingerprint density at radius 3 is 1.59 bits per heavy atom. The van der Waals surface area contributed by atoms with Crippen molar-refractivity contribution < 1.29 is 103 Å². The molecule has 0 amide bonds. The van der Waals surface area contributed by atoms with Crippen molar-refractivity contribution in [3.05, 3.63) is 142 Å². The number of ether oxygens (including phenoxy) is 8. The molecule has 5 unspecified atom stereocenters. The van der Waals surface area contributed by atoms with E-state index in [4.69, 9.17) is 55.6 Å². The number of piperidine rings is 2. The number of anilines is 2. The number of Topliss-reactive ketones (excluding diaryl/α,β-unsaturated/α-hetero) is 1. The van der Waals surface area contributed by atoms with E-state index in [0.717, 1.165) is 49.8 Å². The van der Waals surface area contributed by atoms with Crippen LogP contribution in [0.5, 0.6) is 11.5 Å². The second-order valence-corrected chi connectivity index (χ2v) is 32.3. The molecule has 4 aromatic heterocycles. The normalized spacial score (nSPS) is 27.7. The summed E-state index contributed by atoms with van der Waals surface area (Å²) in [4.78, 5) is 143. The molecular formula is C80H89F2N6O24. The number of aliphatic hydroxyl groups excluding tert-OH is 1. The third-order valence-electron chi connectivity index (χ3n) is 25.9. The third kappa shape index (κ3) is 13.6.